The summed E-state index contributed by atoms with van der Waals surface area (Å²) in [6, 6.07) is 6.52. The van der Waals surface area contributed by atoms with Gasteiger partial charge in [0.05, 0.1) is 0 Å². The third kappa shape index (κ3) is 5.15. The summed E-state index contributed by atoms with van der Waals surface area (Å²) in [5.74, 6) is -2.74. The Bertz CT molecular complexity index is 791. The van der Waals surface area contributed by atoms with E-state index in [1.54, 1.807) is 6.07 Å². The smallest absolute Gasteiger partial charge is 0.162 e. The molecule has 2 aromatic rings. The topological polar surface area (TPSA) is 0 Å². The quantitative estimate of drug-likeness (QED) is 0.335. The van der Waals surface area contributed by atoms with E-state index in [-0.39, 0.29) is 12.3 Å². The molecule has 1 aliphatic carbocycles. The summed E-state index contributed by atoms with van der Waals surface area (Å²) in [5.41, 5.74) is 1.56. The molecule has 1 saturated carbocycles. The molecule has 0 heterocycles. The Morgan fingerprint density at radius 3 is 2.18 bits per heavy atom. The van der Waals surface area contributed by atoms with Crippen LogP contribution in [0.3, 0.4) is 0 Å². The maximum absolute atomic E-state index is 14.5. The first kappa shape index (κ1) is 20.9. The van der Waals surface area contributed by atoms with Crippen LogP contribution in [0, 0.1) is 29.2 Å². The third-order valence-electron chi connectivity index (χ3n) is 6.01. The van der Waals surface area contributed by atoms with Gasteiger partial charge in [-0.1, -0.05) is 44.7 Å². The molecule has 0 saturated heterocycles. The molecule has 28 heavy (non-hydrogen) atoms. The van der Waals surface area contributed by atoms with Crippen molar-refractivity contribution in [3.8, 4) is 0 Å². The molecule has 3 rings (SSSR count). The van der Waals surface area contributed by atoms with Crippen LogP contribution >= 0.6 is 0 Å². The molecular weight excluding hydrogens is 364 g/mol. The summed E-state index contributed by atoms with van der Waals surface area (Å²) in [6.07, 6.45) is 9.06. The van der Waals surface area contributed by atoms with Crippen LogP contribution in [0.25, 0.3) is 0 Å². The average Bonchev–Trinajstić information content (AvgIpc) is 2.68. The van der Waals surface area contributed by atoms with Crippen molar-refractivity contribution in [2.45, 2.75) is 70.6 Å². The van der Waals surface area contributed by atoms with Gasteiger partial charge in [0, 0.05) is 0 Å². The molecule has 0 radical (unpaired) electrons. The van der Waals surface area contributed by atoms with Crippen molar-refractivity contribution < 1.29 is 17.6 Å². The first-order chi connectivity index (χ1) is 13.5. The van der Waals surface area contributed by atoms with Gasteiger partial charge in [0.1, 0.15) is 0 Å². The van der Waals surface area contributed by atoms with Gasteiger partial charge in [-0.05, 0) is 78.8 Å². The van der Waals surface area contributed by atoms with Crippen molar-refractivity contribution in [2.24, 2.45) is 5.92 Å². The third-order valence-corrected chi connectivity index (χ3v) is 6.01. The molecule has 0 spiro atoms. The highest BCUT2D eigenvalue weighted by Crippen LogP contribution is 2.39. The molecule has 0 aromatic heterocycles. The van der Waals surface area contributed by atoms with Gasteiger partial charge in [-0.3, -0.25) is 0 Å². The highest BCUT2D eigenvalue weighted by Gasteiger charge is 2.26. The average molecular weight is 392 g/mol. The monoisotopic (exact) mass is 392 g/mol. The van der Waals surface area contributed by atoms with Gasteiger partial charge in [0.25, 0.3) is 0 Å². The van der Waals surface area contributed by atoms with Gasteiger partial charge < -0.3 is 0 Å². The van der Waals surface area contributed by atoms with Crippen molar-refractivity contribution >= 4 is 0 Å². The Kier molecular flexibility index (Phi) is 7.14. The van der Waals surface area contributed by atoms with Crippen LogP contribution in [0.2, 0.25) is 0 Å². The van der Waals surface area contributed by atoms with Crippen LogP contribution in [0.5, 0.6) is 0 Å². The van der Waals surface area contributed by atoms with E-state index in [1.165, 1.54) is 31.7 Å². The van der Waals surface area contributed by atoms with Gasteiger partial charge in [0.2, 0.25) is 0 Å². The lowest BCUT2D eigenvalue weighted by Crippen LogP contribution is -2.15. The van der Waals surface area contributed by atoms with E-state index in [2.05, 4.69) is 6.92 Å². The minimum absolute atomic E-state index is 0.0295. The first-order valence-electron chi connectivity index (χ1n) is 10.4. The standard InChI is InChI=1S/C24H28F4/c1-2-3-4-5-16-6-9-19(10-7-16)20-13-18(15-23(27)24(20)28)12-17-8-11-21(25)22(26)14-17/h8,11,13-16,19H,2-7,9-10,12H2,1H3. The van der Waals surface area contributed by atoms with Crippen molar-refractivity contribution in [1.82, 2.24) is 0 Å². The normalized spacial score (nSPS) is 19.8. The molecule has 0 nitrogen and oxygen atoms in total. The van der Waals surface area contributed by atoms with Crippen LogP contribution < -0.4 is 0 Å². The highest BCUT2D eigenvalue weighted by atomic mass is 19.2. The van der Waals surface area contributed by atoms with Crippen molar-refractivity contribution in [3.05, 3.63) is 70.3 Å². The first-order valence-corrected chi connectivity index (χ1v) is 10.4. The fourth-order valence-electron chi connectivity index (χ4n) is 4.40. The van der Waals surface area contributed by atoms with Crippen LogP contribution in [-0.2, 0) is 6.42 Å². The Labute approximate surface area is 165 Å². The van der Waals surface area contributed by atoms with Crippen molar-refractivity contribution in [1.29, 1.82) is 0 Å². The summed E-state index contributed by atoms with van der Waals surface area (Å²) in [6.45, 7) is 2.20. The van der Waals surface area contributed by atoms with Crippen LogP contribution in [0.15, 0.2) is 30.3 Å². The molecular formula is C24H28F4. The van der Waals surface area contributed by atoms with E-state index in [0.717, 1.165) is 43.9 Å². The maximum atomic E-state index is 14.5. The maximum Gasteiger partial charge on any atom is 0.162 e. The summed E-state index contributed by atoms with van der Waals surface area (Å²) in [4.78, 5) is 0. The van der Waals surface area contributed by atoms with E-state index >= 15 is 0 Å². The molecule has 0 N–H and O–H groups in total. The Balaban J connectivity index is 1.70. The number of halogens is 4. The van der Waals surface area contributed by atoms with E-state index in [0.29, 0.717) is 22.6 Å². The SMILES string of the molecule is CCCCCC1CCC(c2cc(Cc3ccc(F)c(F)c3)cc(F)c2F)CC1. The summed E-state index contributed by atoms with van der Waals surface area (Å²) in [5, 5.41) is 0. The van der Waals surface area contributed by atoms with Gasteiger partial charge in [-0.25, -0.2) is 17.6 Å². The summed E-state index contributed by atoms with van der Waals surface area (Å²) in [7, 11) is 0. The summed E-state index contributed by atoms with van der Waals surface area (Å²) < 4.78 is 55.2. The molecule has 152 valence electrons. The fourth-order valence-corrected chi connectivity index (χ4v) is 4.40. The lowest BCUT2D eigenvalue weighted by molar-refractivity contribution is 0.297. The van der Waals surface area contributed by atoms with E-state index in [9.17, 15) is 17.6 Å². The zero-order valence-corrected chi connectivity index (χ0v) is 16.4. The largest absolute Gasteiger partial charge is 0.204 e. The molecule has 0 amide bonds. The van der Waals surface area contributed by atoms with E-state index in [4.69, 9.17) is 0 Å². The predicted molar refractivity (Wildman–Crippen MR) is 104 cm³/mol. The van der Waals surface area contributed by atoms with Crippen LogP contribution in [-0.4, -0.2) is 0 Å². The second-order valence-electron chi connectivity index (χ2n) is 8.12. The number of hydrogen-bond donors (Lipinski definition) is 0. The molecule has 4 heteroatoms. The van der Waals surface area contributed by atoms with Crippen molar-refractivity contribution in [2.75, 3.05) is 0 Å². The molecule has 0 unspecified atom stereocenters. The summed E-state index contributed by atoms with van der Waals surface area (Å²) >= 11 is 0. The van der Waals surface area contributed by atoms with Gasteiger partial charge in [-0.15, -0.1) is 0 Å². The van der Waals surface area contributed by atoms with Gasteiger partial charge in [-0.2, -0.15) is 0 Å². The highest BCUT2D eigenvalue weighted by molar-refractivity contribution is 5.33. The number of unbranched alkanes of at least 4 members (excludes halogenated alkanes) is 2. The number of rotatable bonds is 7. The second-order valence-corrected chi connectivity index (χ2v) is 8.12. The molecule has 0 aliphatic heterocycles. The molecule has 0 bridgehead atoms. The van der Waals surface area contributed by atoms with Crippen molar-refractivity contribution in [3.63, 3.8) is 0 Å². The number of benzene rings is 2. The zero-order valence-electron chi connectivity index (χ0n) is 16.4. The number of hydrogen-bond acceptors (Lipinski definition) is 0. The second kappa shape index (κ2) is 9.58. The van der Waals surface area contributed by atoms with E-state index < -0.39 is 23.3 Å². The Morgan fingerprint density at radius 1 is 0.786 bits per heavy atom. The molecule has 1 fully saturated rings. The minimum Gasteiger partial charge on any atom is -0.204 e. The van der Waals surface area contributed by atoms with Gasteiger partial charge in [0.15, 0.2) is 23.3 Å². The Morgan fingerprint density at radius 2 is 1.50 bits per heavy atom. The van der Waals surface area contributed by atoms with Crippen LogP contribution in [0.4, 0.5) is 17.6 Å². The fraction of sp³-hybridized carbons (Fsp3) is 0.500. The lowest BCUT2D eigenvalue weighted by atomic mass is 9.76. The van der Waals surface area contributed by atoms with Gasteiger partial charge >= 0.3 is 0 Å². The zero-order chi connectivity index (χ0) is 20.1. The predicted octanol–water partition coefficient (Wildman–Crippen LogP) is 7.69. The lowest BCUT2D eigenvalue weighted by Gasteiger charge is -2.29. The minimum atomic E-state index is -0.929. The molecule has 0 atom stereocenters. The Hall–Kier alpha value is -1.84. The van der Waals surface area contributed by atoms with E-state index in [1.807, 2.05) is 0 Å². The molecule has 1 aliphatic rings. The molecule has 2 aromatic carbocycles. The van der Waals surface area contributed by atoms with Crippen LogP contribution in [0.1, 0.15) is 80.9 Å².